The molecule has 0 spiro atoms. The molecule has 26 heavy (non-hydrogen) atoms. The van der Waals surface area contributed by atoms with Crippen LogP contribution >= 0.6 is 11.8 Å². The smallest absolute Gasteiger partial charge is 0.0909 e. The molecule has 2 rings (SSSR count). The molecule has 0 aliphatic heterocycles. The van der Waals surface area contributed by atoms with Crippen molar-refractivity contribution in [3.8, 4) is 0 Å². The summed E-state index contributed by atoms with van der Waals surface area (Å²) in [6.45, 7) is 10.0. The average molecular weight is 372 g/mol. The van der Waals surface area contributed by atoms with E-state index in [4.69, 9.17) is 5.73 Å². The summed E-state index contributed by atoms with van der Waals surface area (Å²) in [5.74, 6) is 0. The molecule has 0 heterocycles. The Labute approximate surface area is 163 Å². The highest BCUT2D eigenvalue weighted by Crippen LogP contribution is 2.25. The van der Waals surface area contributed by atoms with Gasteiger partial charge >= 0.3 is 0 Å². The first-order chi connectivity index (χ1) is 12.4. The summed E-state index contributed by atoms with van der Waals surface area (Å²) in [7, 11) is 2.04. The molecule has 0 saturated carbocycles. The number of aryl methyl sites for hydroxylation is 2. The number of thioether (sulfide) groups is 1. The highest BCUT2D eigenvalue weighted by molar-refractivity contribution is 7.98. The Morgan fingerprint density at radius 1 is 1.08 bits per heavy atom. The van der Waals surface area contributed by atoms with Gasteiger partial charge in [-0.3, -0.25) is 0 Å². The van der Waals surface area contributed by atoms with Crippen LogP contribution in [0.1, 0.15) is 36.1 Å². The predicted octanol–water partition coefficient (Wildman–Crippen LogP) is 5.19. The molecule has 2 N–H and O–H groups in total. The summed E-state index contributed by atoms with van der Waals surface area (Å²) in [6, 6.07) is 13.3. The van der Waals surface area contributed by atoms with Crippen molar-refractivity contribution in [2.45, 2.75) is 39.0 Å². The lowest BCUT2D eigenvalue weighted by Crippen LogP contribution is -2.14. The zero-order valence-electron chi connectivity index (χ0n) is 17.0. The topological polar surface area (TPSA) is 41.6 Å². The van der Waals surface area contributed by atoms with Crippen molar-refractivity contribution in [1.82, 2.24) is 4.90 Å². The third-order valence-electron chi connectivity index (χ3n) is 4.10. The standard InChI is InChI=1S/C20H26N2S.C2H7N/c1-6-22(4)14-21-20-12-15(2)18(11-16(20)3)13-17-7-9-19(23-5)10-8-17;1-2-3/h7-12,14H,6,13H2,1-5H3;2-3H2,1H3. The molecular formula is C22H33N3S. The van der Waals surface area contributed by atoms with E-state index in [9.17, 15) is 0 Å². The first-order valence-corrected chi connectivity index (χ1v) is 10.3. The van der Waals surface area contributed by atoms with E-state index in [2.05, 4.69) is 73.3 Å². The maximum absolute atomic E-state index is 4.85. The molecule has 0 aromatic heterocycles. The molecule has 2 aromatic carbocycles. The average Bonchev–Trinajstić information content (AvgIpc) is 2.64. The molecule has 0 saturated heterocycles. The number of hydrogen-bond acceptors (Lipinski definition) is 3. The van der Waals surface area contributed by atoms with E-state index < -0.39 is 0 Å². The van der Waals surface area contributed by atoms with Crippen LogP contribution in [0.3, 0.4) is 0 Å². The molecule has 3 nitrogen and oxygen atoms in total. The van der Waals surface area contributed by atoms with Gasteiger partial charge in [-0.1, -0.05) is 25.1 Å². The zero-order chi connectivity index (χ0) is 19.5. The second-order valence-corrected chi connectivity index (χ2v) is 7.20. The maximum atomic E-state index is 4.85. The van der Waals surface area contributed by atoms with Gasteiger partial charge in [-0.15, -0.1) is 11.8 Å². The number of nitrogens with two attached hydrogens (primary N) is 1. The minimum Gasteiger partial charge on any atom is -0.366 e. The van der Waals surface area contributed by atoms with Gasteiger partial charge in [0.05, 0.1) is 12.0 Å². The van der Waals surface area contributed by atoms with E-state index in [1.54, 1.807) is 11.8 Å². The number of benzene rings is 2. The first kappa shape index (κ1) is 22.3. The quantitative estimate of drug-likeness (QED) is 0.431. The lowest BCUT2D eigenvalue weighted by atomic mass is 9.97. The van der Waals surface area contributed by atoms with Gasteiger partial charge in [0.2, 0.25) is 0 Å². The molecule has 4 heteroatoms. The summed E-state index contributed by atoms with van der Waals surface area (Å²) >= 11 is 1.78. The Balaban J connectivity index is 0.00000105. The van der Waals surface area contributed by atoms with Crippen molar-refractivity contribution in [2.75, 3.05) is 26.4 Å². The summed E-state index contributed by atoms with van der Waals surface area (Å²) in [4.78, 5) is 8.00. The van der Waals surface area contributed by atoms with Crippen LogP contribution in [-0.4, -0.2) is 37.6 Å². The van der Waals surface area contributed by atoms with Crippen LogP contribution in [0.5, 0.6) is 0 Å². The Morgan fingerprint density at radius 2 is 1.69 bits per heavy atom. The SMILES string of the molecule is CCN.CCN(C)C=Nc1cc(C)c(Cc2ccc(SC)cc2)cc1C. The summed E-state index contributed by atoms with van der Waals surface area (Å²) in [5, 5.41) is 0. The monoisotopic (exact) mass is 371 g/mol. The van der Waals surface area contributed by atoms with Crippen LogP contribution in [-0.2, 0) is 6.42 Å². The number of nitrogens with zero attached hydrogens (tertiary/aromatic N) is 2. The van der Waals surface area contributed by atoms with E-state index >= 15 is 0 Å². The minimum atomic E-state index is 0.750. The lowest BCUT2D eigenvalue weighted by molar-refractivity contribution is 0.552. The third-order valence-corrected chi connectivity index (χ3v) is 4.84. The van der Waals surface area contributed by atoms with E-state index in [1.807, 2.05) is 20.3 Å². The Morgan fingerprint density at radius 3 is 2.23 bits per heavy atom. The fourth-order valence-electron chi connectivity index (χ4n) is 2.40. The summed E-state index contributed by atoms with van der Waals surface area (Å²) < 4.78 is 0. The van der Waals surface area contributed by atoms with E-state index in [0.717, 1.165) is 25.2 Å². The van der Waals surface area contributed by atoms with Crippen molar-refractivity contribution in [1.29, 1.82) is 0 Å². The second kappa shape index (κ2) is 11.8. The highest BCUT2D eigenvalue weighted by Gasteiger charge is 2.05. The van der Waals surface area contributed by atoms with Gasteiger partial charge in [-0.2, -0.15) is 0 Å². The van der Waals surface area contributed by atoms with Gasteiger partial charge < -0.3 is 10.6 Å². The maximum Gasteiger partial charge on any atom is 0.0909 e. The molecule has 0 fully saturated rings. The minimum absolute atomic E-state index is 0.750. The van der Waals surface area contributed by atoms with Gasteiger partial charge in [0, 0.05) is 18.5 Å². The Bertz CT molecular complexity index is 693. The zero-order valence-corrected chi connectivity index (χ0v) is 17.9. The van der Waals surface area contributed by atoms with Gasteiger partial charge in [0.25, 0.3) is 0 Å². The molecule has 2 aromatic rings. The van der Waals surface area contributed by atoms with Gasteiger partial charge in [0.15, 0.2) is 0 Å². The van der Waals surface area contributed by atoms with Crippen molar-refractivity contribution < 1.29 is 0 Å². The Kier molecular flexibility index (Phi) is 10.1. The molecule has 0 aliphatic carbocycles. The molecular weight excluding hydrogens is 338 g/mol. The second-order valence-electron chi connectivity index (χ2n) is 6.32. The third kappa shape index (κ3) is 7.22. The highest BCUT2D eigenvalue weighted by atomic mass is 32.2. The van der Waals surface area contributed by atoms with E-state index in [-0.39, 0.29) is 0 Å². The molecule has 0 aliphatic rings. The fraction of sp³-hybridized carbons (Fsp3) is 0.409. The fourth-order valence-corrected chi connectivity index (χ4v) is 2.80. The van der Waals surface area contributed by atoms with Crippen molar-refractivity contribution >= 4 is 23.8 Å². The molecule has 0 unspecified atom stereocenters. The molecule has 0 amide bonds. The van der Waals surface area contributed by atoms with E-state index in [0.29, 0.717) is 0 Å². The Hall–Kier alpha value is -1.78. The van der Waals surface area contributed by atoms with Crippen molar-refractivity contribution in [3.63, 3.8) is 0 Å². The van der Waals surface area contributed by atoms with Crippen LogP contribution in [0.2, 0.25) is 0 Å². The van der Waals surface area contributed by atoms with Crippen LogP contribution in [0, 0.1) is 13.8 Å². The van der Waals surface area contributed by atoms with Crippen molar-refractivity contribution in [3.05, 3.63) is 58.7 Å². The predicted molar refractivity (Wildman–Crippen MR) is 118 cm³/mol. The van der Waals surface area contributed by atoms with Crippen LogP contribution < -0.4 is 5.73 Å². The van der Waals surface area contributed by atoms with Crippen LogP contribution in [0.15, 0.2) is 46.3 Å². The number of hydrogen-bond donors (Lipinski definition) is 1. The largest absolute Gasteiger partial charge is 0.366 e. The molecule has 142 valence electrons. The van der Waals surface area contributed by atoms with Crippen LogP contribution in [0.25, 0.3) is 0 Å². The van der Waals surface area contributed by atoms with Crippen LogP contribution in [0.4, 0.5) is 5.69 Å². The summed E-state index contributed by atoms with van der Waals surface area (Å²) in [6.07, 6.45) is 4.99. The number of aliphatic imine (C=N–C) groups is 1. The molecule has 0 atom stereocenters. The van der Waals surface area contributed by atoms with Crippen molar-refractivity contribution in [2.24, 2.45) is 10.7 Å². The molecule has 0 bridgehead atoms. The molecule has 0 radical (unpaired) electrons. The van der Waals surface area contributed by atoms with E-state index in [1.165, 1.54) is 27.1 Å². The van der Waals surface area contributed by atoms with Gasteiger partial charge in [0.1, 0.15) is 0 Å². The number of rotatable bonds is 6. The lowest BCUT2D eigenvalue weighted by Gasteiger charge is -2.12. The van der Waals surface area contributed by atoms with Gasteiger partial charge in [-0.25, -0.2) is 4.99 Å². The first-order valence-electron chi connectivity index (χ1n) is 9.12. The van der Waals surface area contributed by atoms with Gasteiger partial charge in [-0.05, 0) is 80.4 Å². The summed E-state index contributed by atoms with van der Waals surface area (Å²) in [5.41, 5.74) is 11.2. The normalized spacial score (nSPS) is 10.6.